The molecule has 3 N–H and O–H groups in total. The lowest BCUT2D eigenvalue weighted by atomic mass is 10.0. The number of nitrogens with zero attached hydrogens (tertiary/aromatic N) is 2. The molecule has 0 aromatic rings. The van der Waals surface area contributed by atoms with E-state index in [2.05, 4.69) is 0 Å². The number of urea groups is 1. The van der Waals surface area contributed by atoms with Gasteiger partial charge in [-0.1, -0.05) is 0 Å². The number of carbonyl (C=O) groups is 3. The molecule has 3 unspecified atom stereocenters. The molecule has 0 spiro atoms. The number of rotatable bonds is 4. The summed E-state index contributed by atoms with van der Waals surface area (Å²) < 4.78 is 5.22. The standard InChI is InChI=1S/C13H21N3O5/c1-2-16(10-7-21-6-9(10)12(18)19)13(20)15-4-3-8(5-15)11(14)17/h8-10H,2-7H2,1H3,(H2,14,17)(H,18,19). The van der Waals surface area contributed by atoms with Crippen LogP contribution >= 0.6 is 0 Å². The van der Waals surface area contributed by atoms with Gasteiger partial charge in [0.15, 0.2) is 0 Å². The number of likely N-dealkylation sites (tertiary alicyclic amines) is 1. The number of primary amides is 1. The number of amides is 3. The molecule has 0 bridgehead atoms. The minimum atomic E-state index is -0.958. The van der Waals surface area contributed by atoms with Crippen LogP contribution in [0.2, 0.25) is 0 Å². The summed E-state index contributed by atoms with van der Waals surface area (Å²) in [4.78, 5) is 38.0. The van der Waals surface area contributed by atoms with Crippen LogP contribution in [0.25, 0.3) is 0 Å². The van der Waals surface area contributed by atoms with Crippen molar-refractivity contribution >= 4 is 17.9 Å². The van der Waals surface area contributed by atoms with Crippen molar-refractivity contribution in [3.63, 3.8) is 0 Å². The second-order valence-corrected chi connectivity index (χ2v) is 5.45. The SMILES string of the molecule is CCN(C(=O)N1CCC(C(N)=O)C1)C1COCC1C(=O)O. The summed E-state index contributed by atoms with van der Waals surface area (Å²) in [6.07, 6.45) is 0.558. The highest BCUT2D eigenvalue weighted by atomic mass is 16.5. The van der Waals surface area contributed by atoms with Crippen LogP contribution in [0.5, 0.6) is 0 Å². The quantitative estimate of drug-likeness (QED) is 0.715. The topological polar surface area (TPSA) is 113 Å². The molecular weight excluding hydrogens is 278 g/mol. The molecule has 21 heavy (non-hydrogen) atoms. The van der Waals surface area contributed by atoms with Crippen molar-refractivity contribution in [2.45, 2.75) is 19.4 Å². The number of hydrogen-bond acceptors (Lipinski definition) is 4. The Labute approximate surface area is 122 Å². The first-order chi connectivity index (χ1) is 9.95. The van der Waals surface area contributed by atoms with Crippen molar-refractivity contribution in [3.8, 4) is 0 Å². The average Bonchev–Trinajstić information content (AvgIpc) is 3.08. The minimum absolute atomic E-state index is 0.119. The molecule has 0 aromatic carbocycles. The van der Waals surface area contributed by atoms with Crippen LogP contribution < -0.4 is 5.73 Å². The zero-order valence-corrected chi connectivity index (χ0v) is 12.0. The average molecular weight is 299 g/mol. The van der Waals surface area contributed by atoms with Crippen LogP contribution in [0.15, 0.2) is 0 Å². The summed E-state index contributed by atoms with van der Waals surface area (Å²) in [6.45, 7) is 3.31. The van der Waals surface area contributed by atoms with Gasteiger partial charge in [-0.15, -0.1) is 0 Å². The van der Waals surface area contributed by atoms with Crippen LogP contribution in [0, 0.1) is 11.8 Å². The number of likely N-dealkylation sites (N-methyl/N-ethyl adjacent to an activating group) is 1. The Kier molecular flexibility index (Phi) is 4.66. The van der Waals surface area contributed by atoms with Gasteiger partial charge in [-0.05, 0) is 13.3 Å². The zero-order chi connectivity index (χ0) is 15.6. The highest BCUT2D eigenvalue weighted by Crippen LogP contribution is 2.24. The van der Waals surface area contributed by atoms with E-state index in [0.717, 1.165) is 0 Å². The van der Waals surface area contributed by atoms with Gasteiger partial charge in [0.05, 0.1) is 25.2 Å². The largest absolute Gasteiger partial charge is 0.481 e. The Morgan fingerprint density at radius 1 is 1.38 bits per heavy atom. The highest BCUT2D eigenvalue weighted by Gasteiger charge is 2.42. The molecule has 0 aromatic heterocycles. The fraction of sp³-hybridized carbons (Fsp3) is 0.769. The summed E-state index contributed by atoms with van der Waals surface area (Å²) >= 11 is 0. The summed E-state index contributed by atoms with van der Waals surface area (Å²) in [5.41, 5.74) is 5.26. The highest BCUT2D eigenvalue weighted by molar-refractivity contribution is 5.81. The lowest BCUT2D eigenvalue weighted by Crippen LogP contribution is -2.51. The normalized spacial score (nSPS) is 28.6. The van der Waals surface area contributed by atoms with E-state index >= 15 is 0 Å². The molecule has 118 valence electrons. The summed E-state index contributed by atoms with van der Waals surface area (Å²) in [6, 6.07) is -0.712. The van der Waals surface area contributed by atoms with E-state index in [4.69, 9.17) is 10.5 Å². The molecule has 2 fully saturated rings. The number of carbonyl (C=O) groups excluding carboxylic acids is 2. The van der Waals surface area contributed by atoms with Gasteiger partial charge < -0.3 is 25.4 Å². The molecule has 2 aliphatic heterocycles. The van der Waals surface area contributed by atoms with E-state index in [-0.39, 0.29) is 25.2 Å². The Morgan fingerprint density at radius 3 is 2.62 bits per heavy atom. The molecule has 2 aliphatic rings. The Balaban J connectivity index is 2.05. The molecular formula is C13H21N3O5. The van der Waals surface area contributed by atoms with Gasteiger partial charge in [-0.3, -0.25) is 9.59 Å². The van der Waals surface area contributed by atoms with Crippen LogP contribution in [-0.2, 0) is 14.3 Å². The van der Waals surface area contributed by atoms with Crippen LogP contribution in [-0.4, -0.2) is 71.7 Å². The predicted molar refractivity (Wildman–Crippen MR) is 72.4 cm³/mol. The first-order valence-corrected chi connectivity index (χ1v) is 7.11. The maximum Gasteiger partial charge on any atom is 0.320 e. The fourth-order valence-corrected chi connectivity index (χ4v) is 2.95. The molecule has 2 heterocycles. The number of aliphatic carboxylic acids is 1. The molecule has 3 atom stereocenters. The third kappa shape index (κ3) is 3.10. The third-order valence-electron chi connectivity index (χ3n) is 4.22. The van der Waals surface area contributed by atoms with Gasteiger partial charge in [0, 0.05) is 19.6 Å². The minimum Gasteiger partial charge on any atom is -0.481 e. The van der Waals surface area contributed by atoms with E-state index in [0.29, 0.717) is 26.1 Å². The van der Waals surface area contributed by atoms with Gasteiger partial charge in [-0.25, -0.2) is 4.79 Å². The maximum absolute atomic E-state index is 12.6. The molecule has 3 amide bonds. The van der Waals surface area contributed by atoms with Crippen molar-refractivity contribution in [2.75, 3.05) is 32.8 Å². The van der Waals surface area contributed by atoms with Crippen molar-refractivity contribution in [1.29, 1.82) is 0 Å². The van der Waals surface area contributed by atoms with E-state index in [1.807, 2.05) is 0 Å². The van der Waals surface area contributed by atoms with Gasteiger partial charge in [0.1, 0.15) is 5.92 Å². The lowest BCUT2D eigenvalue weighted by Gasteiger charge is -2.33. The lowest BCUT2D eigenvalue weighted by molar-refractivity contribution is -0.142. The number of nitrogens with two attached hydrogens (primary N) is 1. The number of carboxylic acids is 1. The van der Waals surface area contributed by atoms with Crippen molar-refractivity contribution in [2.24, 2.45) is 17.6 Å². The van der Waals surface area contributed by atoms with Crippen LogP contribution in [0.3, 0.4) is 0 Å². The zero-order valence-electron chi connectivity index (χ0n) is 12.0. The van der Waals surface area contributed by atoms with Gasteiger partial charge in [0.25, 0.3) is 0 Å². The molecule has 0 radical (unpaired) electrons. The van der Waals surface area contributed by atoms with Crippen molar-refractivity contribution < 1.29 is 24.2 Å². The Morgan fingerprint density at radius 2 is 2.10 bits per heavy atom. The smallest absolute Gasteiger partial charge is 0.320 e. The van der Waals surface area contributed by atoms with Crippen molar-refractivity contribution in [3.05, 3.63) is 0 Å². The second-order valence-electron chi connectivity index (χ2n) is 5.45. The summed E-state index contributed by atoms with van der Waals surface area (Å²) in [5, 5.41) is 9.20. The molecule has 0 aliphatic carbocycles. The second kappa shape index (κ2) is 6.30. The predicted octanol–water partition coefficient (Wildman–Crippen LogP) is -0.665. The van der Waals surface area contributed by atoms with Gasteiger partial charge in [-0.2, -0.15) is 0 Å². The fourth-order valence-electron chi connectivity index (χ4n) is 2.95. The van der Waals surface area contributed by atoms with Gasteiger partial charge in [0.2, 0.25) is 5.91 Å². The van der Waals surface area contributed by atoms with Crippen LogP contribution in [0.1, 0.15) is 13.3 Å². The molecule has 2 rings (SSSR count). The van der Waals surface area contributed by atoms with Crippen molar-refractivity contribution in [1.82, 2.24) is 9.80 Å². The van der Waals surface area contributed by atoms with E-state index in [1.165, 1.54) is 4.90 Å². The van der Waals surface area contributed by atoms with E-state index < -0.39 is 23.8 Å². The molecule has 0 saturated carbocycles. The van der Waals surface area contributed by atoms with Crippen LogP contribution in [0.4, 0.5) is 4.79 Å². The number of carboxylic acid groups (broad SMARTS) is 1. The maximum atomic E-state index is 12.6. The molecule has 8 heteroatoms. The molecule has 8 nitrogen and oxygen atoms in total. The third-order valence-corrected chi connectivity index (χ3v) is 4.22. The Hall–Kier alpha value is -1.83. The number of ether oxygens (including phenoxy) is 1. The summed E-state index contributed by atoms with van der Waals surface area (Å²) in [7, 11) is 0. The first kappa shape index (κ1) is 15.6. The summed E-state index contributed by atoms with van der Waals surface area (Å²) in [5.74, 6) is -2.38. The monoisotopic (exact) mass is 299 g/mol. The first-order valence-electron chi connectivity index (χ1n) is 7.11. The van der Waals surface area contributed by atoms with Gasteiger partial charge >= 0.3 is 12.0 Å². The van der Waals surface area contributed by atoms with E-state index in [9.17, 15) is 19.5 Å². The number of hydrogen-bond donors (Lipinski definition) is 2. The van der Waals surface area contributed by atoms with E-state index in [1.54, 1.807) is 11.8 Å². The molecule has 2 saturated heterocycles. The Bertz CT molecular complexity index is 442.